The second-order valence-electron chi connectivity index (χ2n) is 4.72. The average molecular weight is 267 g/mol. The number of piperidine rings is 1. The van der Waals surface area contributed by atoms with Gasteiger partial charge in [-0.25, -0.2) is 0 Å². The number of nitrogens with one attached hydrogen (secondary N) is 2. The molecule has 1 amide bonds. The van der Waals surface area contributed by atoms with E-state index in [-0.39, 0.29) is 5.91 Å². The number of likely N-dealkylation sites (N-methyl/N-ethyl adjacent to an activating group) is 1. The van der Waals surface area contributed by atoms with E-state index in [0.717, 1.165) is 13.1 Å². The number of carbonyl (C=O) groups is 1. The Hall–Kier alpha value is -0.910. The number of carbonyl (C=O) groups excluding carboxylic acids is 1. The van der Waals surface area contributed by atoms with Crippen LogP contribution in [0, 0.1) is 0 Å². The predicted molar refractivity (Wildman–Crippen MR) is 74.7 cm³/mol. The maximum atomic E-state index is 11.8. The zero-order valence-corrected chi connectivity index (χ0v) is 11.6. The van der Waals surface area contributed by atoms with Crippen LogP contribution < -0.4 is 10.6 Å². The molecule has 4 nitrogen and oxygen atoms in total. The van der Waals surface area contributed by atoms with E-state index >= 15 is 0 Å². The quantitative estimate of drug-likeness (QED) is 0.838. The first-order valence-electron chi connectivity index (χ1n) is 6.46. The van der Waals surface area contributed by atoms with Gasteiger partial charge in [-0.05, 0) is 37.9 Å². The van der Waals surface area contributed by atoms with Crippen molar-refractivity contribution < 1.29 is 4.79 Å². The second-order valence-corrected chi connectivity index (χ2v) is 5.75. The Labute approximate surface area is 112 Å². The molecule has 1 unspecified atom stereocenters. The Kier molecular flexibility index (Phi) is 5.16. The molecular weight excluding hydrogens is 246 g/mol. The molecule has 100 valence electrons. The zero-order chi connectivity index (χ0) is 12.8. The Bertz CT molecular complexity index is 366. The standard InChI is InChI=1S/C13H21N3OS/c1-14-11-4-2-6-16(9-11)10-13(17)15-8-12-5-3-7-18-12/h3,5,7,11,14H,2,4,6,8-10H2,1H3,(H,15,17). The number of hydrogen-bond acceptors (Lipinski definition) is 4. The van der Waals surface area contributed by atoms with Crippen LogP contribution in [0.15, 0.2) is 17.5 Å². The van der Waals surface area contributed by atoms with Crippen LogP contribution in [-0.2, 0) is 11.3 Å². The van der Waals surface area contributed by atoms with Gasteiger partial charge in [-0.15, -0.1) is 11.3 Å². The molecule has 0 saturated carbocycles. The van der Waals surface area contributed by atoms with Crippen molar-refractivity contribution in [2.45, 2.75) is 25.4 Å². The highest BCUT2D eigenvalue weighted by Gasteiger charge is 2.19. The van der Waals surface area contributed by atoms with Gasteiger partial charge in [0.05, 0.1) is 13.1 Å². The van der Waals surface area contributed by atoms with Crippen LogP contribution in [0.25, 0.3) is 0 Å². The molecular formula is C13H21N3OS. The number of likely N-dealkylation sites (tertiary alicyclic amines) is 1. The third-order valence-electron chi connectivity index (χ3n) is 3.32. The molecule has 1 saturated heterocycles. The van der Waals surface area contributed by atoms with Crippen LogP contribution in [0.3, 0.4) is 0 Å². The van der Waals surface area contributed by atoms with E-state index in [4.69, 9.17) is 0 Å². The average Bonchev–Trinajstić information content (AvgIpc) is 2.90. The summed E-state index contributed by atoms with van der Waals surface area (Å²) in [7, 11) is 1.99. The van der Waals surface area contributed by atoms with Crippen molar-refractivity contribution in [3.05, 3.63) is 22.4 Å². The first-order chi connectivity index (χ1) is 8.78. The fourth-order valence-electron chi connectivity index (χ4n) is 2.29. The minimum Gasteiger partial charge on any atom is -0.350 e. The van der Waals surface area contributed by atoms with Crippen LogP contribution in [0.5, 0.6) is 0 Å². The van der Waals surface area contributed by atoms with Crippen LogP contribution in [0.1, 0.15) is 17.7 Å². The van der Waals surface area contributed by atoms with Crippen LogP contribution >= 0.6 is 11.3 Å². The molecule has 0 aromatic carbocycles. The molecule has 0 radical (unpaired) electrons. The maximum Gasteiger partial charge on any atom is 0.234 e. The van der Waals surface area contributed by atoms with Crippen molar-refractivity contribution in [3.8, 4) is 0 Å². The molecule has 1 fully saturated rings. The van der Waals surface area contributed by atoms with E-state index in [0.29, 0.717) is 19.1 Å². The molecule has 1 aliphatic heterocycles. The van der Waals surface area contributed by atoms with Gasteiger partial charge in [0, 0.05) is 17.5 Å². The highest BCUT2D eigenvalue weighted by Crippen LogP contribution is 2.10. The fourth-order valence-corrected chi connectivity index (χ4v) is 2.94. The van der Waals surface area contributed by atoms with Crippen LogP contribution in [0.4, 0.5) is 0 Å². The minimum absolute atomic E-state index is 0.125. The highest BCUT2D eigenvalue weighted by atomic mass is 32.1. The van der Waals surface area contributed by atoms with Gasteiger partial charge in [-0.2, -0.15) is 0 Å². The molecule has 2 N–H and O–H groups in total. The Morgan fingerprint density at radius 2 is 2.50 bits per heavy atom. The predicted octanol–water partition coefficient (Wildman–Crippen LogP) is 1.05. The van der Waals surface area contributed by atoms with Crippen molar-refractivity contribution in [1.82, 2.24) is 15.5 Å². The lowest BCUT2D eigenvalue weighted by atomic mass is 10.1. The third kappa shape index (κ3) is 4.08. The summed E-state index contributed by atoms with van der Waals surface area (Å²) >= 11 is 1.68. The third-order valence-corrected chi connectivity index (χ3v) is 4.20. The zero-order valence-electron chi connectivity index (χ0n) is 10.8. The summed E-state index contributed by atoms with van der Waals surface area (Å²) in [4.78, 5) is 15.3. The van der Waals surface area contributed by atoms with Crippen molar-refractivity contribution in [2.24, 2.45) is 0 Å². The van der Waals surface area contributed by atoms with Gasteiger partial charge in [0.25, 0.3) is 0 Å². The lowest BCUT2D eigenvalue weighted by Crippen LogP contribution is -2.47. The summed E-state index contributed by atoms with van der Waals surface area (Å²) in [5.41, 5.74) is 0. The SMILES string of the molecule is CNC1CCCN(CC(=O)NCc2cccs2)C1. The minimum atomic E-state index is 0.125. The summed E-state index contributed by atoms with van der Waals surface area (Å²) < 4.78 is 0. The van der Waals surface area contributed by atoms with Gasteiger partial charge in [0.2, 0.25) is 5.91 Å². The molecule has 18 heavy (non-hydrogen) atoms. The number of rotatable bonds is 5. The number of nitrogens with zero attached hydrogens (tertiary/aromatic N) is 1. The van der Waals surface area contributed by atoms with E-state index in [2.05, 4.69) is 15.5 Å². The number of thiophene rings is 1. The van der Waals surface area contributed by atoms with Gasteiger partial charge >= 0.3 is 0 Å². The van der Waals surface area contributed by atoms with Gasteiger partial charge < -0.3 is 10.6 Å². The van der Waals surface area contributed by atoms with Gasteiger partial charge in [0.1, 0.15) is 0 Å². The van der Waals surface area contributed by atoms with E-state index in [9.17, 15) is 4.79 Å². The van der Waals surface area contributed by atoms with E-state index in [1.165, 1.54) is 17.7 Å². The van der Waals surface area contributed by atoms with Crippen molar-refractivity contribution in [3.63, 3.8) is 0 Å². The van der Waals surface area contributed by atoms with E-state index in [1.807, 2.05) is 24.6 Å². The monoisotopic (exact) mass is 267 g/mol. The van der Waals surface area contributed by atoms with Crippen molar-refractivity contribution >= 4 is 17.2 Å². The topological polar surface area (TPSA) is 44.4 Å². The first-order valence-corrected chi connectivity index (χ1v) is 7.34. The Balaban J connectivity index is 1.70. The van der Waals surface area contributed by atoms with Crippen molar-refractivity contribution in [1.29, 1.82) is 0 Å². The highest BCUT2D eigenvalue weighted by molar-refractivity contribution is 7.09. The summed E-state index contributed by atoms with van der Waals surface area (Å²) in [6, 6.07) is 4.58. The van der Waals surface area contributed by atoms with Crippen LogP contribution in [-0.4, -0.2) is 43.5 Å². The van der Waals surface area contributed by atoms with Crippen LogP contribution in [0.2, 0.25) is 0 Å². The molecule has 2 heterocycles. The maximum absolute atomic E-state index is 11.8. The van der Waals surface area contributed by atoms with Crippen molar-refractivity contribution in [2.75, 3.05) is 26.7 Å². The second kappa shape index (κ2) is 6.87. The summed E-state index contributed by atoms with van der Waals surface area (Å²) in [6.45, 7) is 3.18. The Morgan fingerprint density at radius 3 is 3.22 bits per heavy atom. The Morgan fingerprint density at radius 1 is 1.61 bits per heavy atom. The molecule has 0 aliphatic carbocycles. The molecule has 2 rings (SSSR count). The number of hydrogen-bond donors (Lipinski definition) is 2. The molecule has 1 aliphatic rings. The van der Waals surface area contributed by atoms with E-state index in [1.54, 1.807) is 11.3 Å². The molecule has 1 aromatic rings. The smallest absolute Gasteiger partial charge is 0.234 e. The molecule has 0 spiro atoms. The fraction of sp³-hybridized carbons (Fsp3) is 0.615. The molecule has 1 aromatic heterocycles. The molecule has 0 bridgehead atoms. The molecule has 1 atom stereocenters. The summed E-state index contributed by atoms with van der Waals surface area (Å²) in [6.07, 6.45) is 2.38. The molecule has 5 heteroatoms. The lowest BCUT2D eigenvalue weighted by Gasteiger charge is -2.31. The summed E-state index contributed by atoms with van der Waals surface area (Å²) in [5, 5.41) is 8.30. The summed E-state index contributed by atoms with van der Waals surface area (Å²) in [5.74, 6) is 0.125. The van der Waals surface area contributed by atoms with Gasteiger partial charge in [-0.1, -0.05) is 6.07 Å². The lowest BCUT2D eigenvalue weighted by molar-refractivity contribution is -0.122. The first kappa shape index (κ1) is 13.5. The van der Waals surface area contributed by atoms with Gasteiger partial charge in [-0.3, -0.25) is 9.69 Å². The largest absolute Gasteiger partial charge is 0.350 e. The normalized spacial score (nSPS) is 20.8. The number of amides is 1. The van der Waals surface area contributed by atoms with Gasteiger partial charge in [0.15, 0.2) is 0 Å². The van der Waals surface area contributed by atoms with E-state index < -0.39 is 0 Å².